The van der Waals surface area contributed by atoms with E-state index in [9.17, 15) is 15.0 Å². The van der Waals surface area contributed by atoms with Gasteiger partial charge < -0.3 is 15.5 Å². The van der Waals surface area contributed by atoms with Crippen LogP contribution < -0.4 is 5.32 Å². The van der Waals surface area contributed by atoms with Gasteiger partial charge in [0, 0.05) is 6.42 Å². The van der Waals surface area contributed by atoms with Crippen LogP contribution in [0.15, 0.2) is 48.6 Å². The number of carbonyl (C=O) groups is 1. The number of aliphatic hydroxyl groups excluding tert-OH is 2. The van der Waals surface area contributed by atoms with Gasteiger partial charge in [-0.2, -0.15) is 0 Å². The molecule has 4 heteroatoms. The van der Waals surface area contributed by atoms with Gasteiger partial charge in [0.05, 0.1) is 18.8 Å². The summed E-state index contributed by atoms with van der Waals surface area (Å²) in [5, 5.41) is 23.3. The van der Waals surface area contributed by atoms with Crippen LogP contribution in [0.1, 0.15) is 277 Å². The van der Waals surface area contributed by atoms with Gasteiger partial charge in [-0.05, 0) is 51.4 Å². The van der Waals surface area contributed by atoms with E-state index in [1.807, 2.05) is 0 Å². The Kier molecular flexibility index (Phi) is 49.3. The van der Waals surface area contributed by atoms with Crippen molar-refractivity contribution in [3.8, 4) is 0 Å². The van der Waals surface area contributed by atoms with Crippen molar-refractivity contribution in [2.45, 2.75) is 289 Å². The first-order chi connectivity index (χ1) is 29.2. The Morgan fingerprint density at radius 2 is 0.746 bits per heavy atom. The molecule has 346 valence electrons. The molecule has 0 aliphatic heterocycles. The summed E-state index contributed by atoms with van der Waals surface area (Å²) in [7, 11) is 0. The molecule has 0 aromatic carbocycles. The minimum atomic E-state index is -0.668. The van der Waals surface area contributed by atoms with Crippen molar-refractivity contribution in [3.63, 3.8) is 0 Å². The van der Waals surface area contributed by atoms with Crippen molar-refractivity contribution in [1.82, 2.24) is 5.32 Å². The van der Waals surface area contributed by atoms with E-state index in [1.54, 1.807) is 0 Å². The number of aliphatic hydroxyl groups is 2. The lowest BCUT2D eigenvalue weighted by Gasteiger charge is -2.22. The molecule has 0 radical (unpaired) electrons. The molecule has 1 amide bonds. The molecular weight excluding hydrogens is 723 g/mol. The lowest BCUT2D eigenvalue weighted by atomic mass is 10.0. The molecule has 0 saturated heterocycles. The summed E-state index contributed by atoms with van der Waals surface area (Å²) < 4.78 is 0. The highest BCUT2D eigenvalue weighted by molar-refractivity contribution is 5.76. The van der Waals surface area contributed by atoms with E-state index in [0.29, 0.717) is 12.8 Å². The molecule has 2 unspecified atom stereocenters. The van der Waals surface area contributed by atoms with Crippen LogP contribution in [-0.2, 0) is 4.79 Å². The van der Waals surface area contributed by atoms with E-state index < -0.39 is 12.1 Å². The van der Waals surface area contributed by atoms with Gasteiger partial charge in [0.1, 0.15) is 0 Å². The van der Waals surface area contributed by atoms with Crippen molar-refractivity contribution in [1.29, 1.82) is 0 Å². The first kappa shape index (κ1) is 57.3. The topological polar surface area (TPSA) is 69.6 Å². The van der Waals surface area contributed by atoms with E-state index >= 15 is 0 Å². The average Bonchev–Trinajstić information content (AvgIpc) is 3.24. The minimum Gasteiger partial charge on any atom is -0.394 e. The normalized spacial score (nSPS) is 13.2. The Balaban J connectivity index is 3.47. The van der Waals surface area contributed by atoms with Crippen molar-refractivity contribution < 1.29 is 15.0 Å². The monoisotopic (exact) mass is 826 g/mol. The minimum absolute atomic E-state index is 0.0437. The van der Waals surface area contributed by atoms with Crippen LogP contribution in [-0.4, -0.2) is 34.9 Å². The third kappa shape index (κ3) is 47.3. The quantitative estimate of drug-likeness (QED) is 0.0423. The molecule has 0 fully saturated rings. The van der Waals surface area contributed by atoms with Crippen LogP contribution >= 0.6 is 0 Å². The van der Waals surface area contributed by atoms with Gasteiger partial charge in [-0.15, -0.1) is 0 Å². The van der Waals surface area contributed by atoms with Gasteiger partial charge in [0.25, 0.3) is 0 Å². The summed E-state index contributed by atoms with van der Waals surface area (Å²) in [5.74, 6) is -0.0437. The van der Waals surface area contributed by atoms with Crippen molar-refractivity contribution in [3.05, 3.63) is 48.6 Å². The molecule has 2 atom stereocenters. The number of unbranched alkanes of at least 4 members (excludes halogenated alkanes) is 33. The number of amides is 1. The molecule has 0 aliphatic carbocycles. The predicted molar refractivity (Wildman–Crippen MR) is 262 cm³/mol. The highest BCUT2D eigenvalue weighted by Crippen LogP contribution is 2.17. The fourth-order valence-electron chi connectivity index (χ4n) is 8.12. The maximum atomic E-state index is 12.5. The van der Waals surface area contributed by atoms with E-state index in [0.717, 1.165) is 64.2 Å². The summed E-state index contributed by atoms with van der Waals surface area (Å²) >= 11 is 0. The Labute approximate surface area is 369 Å². The molecule has 3 N–H and O–H groups in total. The number of rotatable bonds is 48. The van der Waals surface area contributed by atoms with Gasteiger partial charge in [-0.3, -0.25) is 4.79 Å². The lowest BCUT2D eigenvalue weighted by molar-refractivity contribution is -0.123. The molecule has 0 rings (SSSR count). The second-order valence-corrected chi connectivity index (χ2v) is 17.9. The Morgan fingerprint density at radius 3 is 1.12 bits per heavy atom. The highest BCUT2D eigenvalue weighted by atomic mass is 16.3. The third-order valence-electron chi connectivity index (χ3n) is 12.1. The highest BCUT2D eigenvalue weighted by Gasteiger charge is 2.20. The van der Waals surface area contributed by atoms with E-state index in [4.69, 9.17) is 0 Å². The molecule has 4 nitrogen and oxygen atoms in total. The van der Waals surface area contributed by atoms with Crippen LogP contribution in [0, 0.1) is 0 Å². The molecule has 0 spiro atoms. The molecule has 0 bridgehead atoms. The summed E-state index contributed by atoms with van der Waals surface area (Å²) in [6.07, 6.45) is 69.4. The van der Waals surface area contributed by atoms with Crippen molar-refractivity contribution >= 4 is 5.91 Å². The summed E-state index contributed by atoms with van der Waals surface area (Å²) in [5.41, 5.74) is 0. The van der Waals surface area contributed by atoms with E-state index in [1.165, 1.54) is 186 Å². The number of carbonyl (C=O) groups excluding carboxylic acids is 1. The number of hydrogen-bond donors (Lipinski definition) is 3. The van der Waals surface area contributed by atoms with Gasteiger partial charge in [-0.1, -0.05) is 268 Å². The molecule has 0 aromatic heterocycles. The predicted octanol–water partition coefficient (Wildman–Crippen LogP) is 17.1. The number of nitrogens with one attached hydrogen (secondary N) is 1. The lowest BCUT2D eigenvalue weighted by Crippen LogP contribution is -2.45. The summed E-state index contributed by atoms with van der Waals surface area (Å²) in [6.45, 7) is 4.26. The third-order valence-corrected chi connectivity index (χ3v) is 12.1. The van der Waals surface area contributed by atoms with Gasteiger partial charge in [0.2, 0.25) is 5.91 Å². The van der Waals surface area contributed by atoms with Crippen LogP contribution in [0.3, 0.4) is 0 Å². The maximum Gasteiger partial charge on any atom is 0.220 e. The van der Waals surface area contributed by atoms with Crippen LogP contribution in [0.2, 0.25) is 0 Å². The number of allylic oxidation sites excluding steroid dienone is 8. The Bertz CT molecular complexity index is 939. The zero-order chi connectivity index (χ0) is 42.8. The molecule has 0 heterocycles. The van der Waals surface area contributed by atoms with Crippen LogP contribution in [0.4, 0.5) is 0 Å². The molecular formula is C55H103NO3. The summed E-state index contributed by atoms with van der Waals surface area (Å²) in [4.78, 5) is 12.5. The molecule has 0 saturated carbocycles. The fourth-order valence-corrected chi connectivity index (χ4v) is 8.12. The Hall–Kier alpha value is -1.65. The van der Waals surface area contributed by atoms with Crippen LogP contribution in [0.5, 0.6) is 0 Å². The van der Waals surface area contributed by atoms with E-state index in [2.05, 4.69) is 67.8 Å². The standard InChI is InChI=1S/C55H103NO3/c1-3-5-7-9-11-13-15-17-19-21-23-24-25-26-27-28-29-30-31-33-34-36-38-40-42-44-46-48-50-54(58)53(52-57)56-55(59)51-49-47-45-43-41-39-37-35-32-22-20-18-16-14-12-10-8-6-4-2/h6,8,12,14,18,20,32,35,53-54,57-58H,3-5,7,9-11,13,15-17,19,21-31,33-34,36-52H2,1-2H3,(H,56,59)/b8-6-,14-12-,20-18-,35-32-. The largest absolute Gasteiger partial charge is 0.394 e. The maximum absolute atomic E-state index is 12.5. The Morgan fingerprint density at radius 1 is 0.424 bits per heavy atom. The number of hydrogen-bond acceptors (Lipinski definition) is 3. The molecule has 59 heavy (non-hydrogen) atoms. The van der Waals surface area contributed by atoms with E-state index in [-0.39, 0.29) is 12.5 Å². The second kappa shape index (κ2) is 50.7. The van der Waals surface area contributed by atoms with Gasteiger partial charge in [-0.25, -0.2) is 0 Å². The summed E-state index contributed by atoms with van der Waals surface area (Å²) in [6, 6.07) is -0.546. The van der Waals surface area contributed by atoms with Gasteiger partial charge in [0.15, 0.2) is 0 Å². The fraction of sp³-hybridized carbons (Fsp3) is 0.836. The van der Waals surface area contributed by atoms with Crippen molar-refractivity contribution in [2.75, 3.05) is 6.61 Å². The molecule has 0 aliphatic rings. The zero-order valence-corrected chi connectivity index (χ0v) is 39.8. The first-order valence-electron chi connectivity index (χ1n) is 26.3. The first-order valence-corrected chi connectivity index (χ1v) is 26.3. The molecule has 0 aromatic rings. The SMILES string of the molecule is CC/C=C\C/C=C\C/C=C\C/C=C\CCCCCCCCC(=O)NC(CO)C(O)CCCCCCCCCCCCCCCCCCCCCCCCCCCCCC. The van der Waals surface area contributed by atoms with Crippen LogP contribution in [0.25, 0.3) is 0 Å². The van der Waals surface area contributed by atoms with Gasteiger partial charge >= 0.3 is 0 Å². The smallest absolute Gasteiger partial charge is 0.220 e. The zero-order valence-electron chi connectivity index (χ0n) is 39.8. The van der Waals surface area contributed by atoms with Crippen molar-refractivity contribution in [2.24, 2.45) is 0 Å². The average molecular weight is 826 g/mol. The second-order valence-electron chi connectivity index (χ2n) is 17.9.